The molecule has 2 rings (SSSR count). The van der Waals surface area contributed by atoms with E-state index in [0.717, 1.165) is 40.4 Å². The quantitative estimate of drug-likeness (QED) is 0.214. The Morgan fingerprint density at radius 3 is 1.90 bits per heavy atom. The Kier molecular flexibility index (Phi) is 11.8. The molecule has 41 heavy (non-hydrogen) atoms. The number of carbonyl (C=O) groups excluding carboxylic acids is 5. The number of carbonyl (C=O) groups is 5. The number of hydrogen-bond donors (Lipinski definition) is 0. The van der Waals surface area contributed by atoms with Crippen molar-refractivity contribution in [3.63, 3.8) is 0 Å². The Morgan fingerprint density at radius 1 is 0.854 bits per heavy atom. The van der Waals surface area contributed by atoms with Crippen molar-refractivity contribution >= 4 is 40.0 Å². The lowest BCUT2D eigenvalue weighted by atomic mass is 9.93. The fraction of sp³-hybridized carbons (Fsp3) is 0.500. The van der Waals surface area contributed by atoms with E-state index in [9.17, 15) is 32.4 Å². The van der Waals surface area contributed by atoms with E-state index in [4.69, 9.17) is 23.7 Å². The molecule has 0 N–H and O–H groups in total. The number of amides is 1. The lowest BCUT2D eigenvalue weighted by Crippen LogP contribution is -2.62. The van der Waals surface area contributed by atoms with Gasteiger partial charge in [-0.05, 0) is 19.1 Å². The number of ether oxygens (including phenoxy) is 6. The summed E-state index contributed by atoms with van der Waals surface area (Å²) in [5, 5.41) is 0. The zero-order valence-electron chi connectivity index (χ0n) is 23.4. The lowest BCUT2D eigenvalue weighted by Gasteiger charge is -2.43. The van der Waals surface area contributed by atoms with Crippen molar-refractivity contribution in [2.45, 2.75) is 70.0 Å². The molecule has 1 aliphatic rings. The van der Waals surface area contributed by atoms with Crippen molar-refractivity contribution in [3.05, 3.63) is 42.0 Å². The highest BCUT2D eigenvalue weighted by molar-refractivity contribution is 7.89. The predicted octanol–water partition coefficient (Wildman–Crippen LogP) is 1.43. The first-order valence-electron chi connectivity index (χ1n) is 12.3. The van der Waals surface area contributed by atoms with E-state index in [-0.39, 0.29) is 4.90 Å². The summed E-state index contributed by atoms with van der Waals surface area (Å²) in [6.07, 6.45) is -5.23. The maximum absolute atomic E-state index is 13.2. The SMILES string of the molecule is COC(=O)N(C/C=C/[C@H]1O[C@H](COC(C)=O)[C@@H](OC(C)=O)[C@H](OC(C)=O)[C@H]1OC(C)=O)S(=O)(=O)c1ccc(C)cc1. The van der Waals surface area contributed by atoms with Crippen molar-refractivity contribution in [1.29, 1.82) is 0 Å². The van der Waals surface area contributed by atoms with E-state index in [1.165, 1.54) is 24.3 Å². The van der Waals surface area contributed by atoms with Gasteiger partial charge in [0.25, 0.3) is 10.0 Å². The predicted molar refractivity (Wildman–Crippen MR) is 139 cm³/mol. The van der Waals surface area contributed by atoms with Gasteiger partial charge in [-0.15, -0.1) is 0 Å². The molecule has 0 radical (unpaired) electrons. The first kappa shape index (κ1) is 33.2. The van der Waals surface area contributed by atoms with Crippen molar-refractivity contribution in [3.8, 4) is 0 Å². The second-order valence-corrected chi connectivity index (χ2v) is 10.8. The third kappa shape index (κ3) is 9.28. The molecule has 0 aromatic heterocycles. The number of benzene rings is 1. The summed E-state index contributed by atoms with van der Waals surface area (Å²) in [5.74, 6) is -3.06. The van der Waals surface area contributed by atoms with Gasteiger partial charge in [-0.25, -0.2) is 13.2 Å². The molecule has 15 heteroatoms. The third-order valence-corrected chi connectivity index (χ3v) is 7.36. The average Bonchev–Trinajstić information content (AvgIpc) is 2.87. The van der Waals surface area contributed by atoms with Crippen LogP contribution in [0.5, 0.6) is 0 Å². The van der Waals surface area contributed by atoms with Crippen molar-refractivity contribution in [2.75, 3.05) is 20.3 Å². The van der Waals surface area contributed by atoms with Gasteiger partial charge in [0.2, 0.25) is 0 Å². The molecule has 1 saturated heterocycles. The highest BCUT2D eigenvalue weighted by atomic mass is 32.2. The van der Waals surface area contributed by atoms with Gasteiger partial charge in [0.1, 0.15) is 18.8 Å². The lowest BCUT2D eigenvalue weighted by molar-refractivity contribution is -0.244. The summed E-state index contributed by atoms with van der Waals surface area (Å²) in [6.45, 7) is 5.21. The number of esters is 4. The summed E-state index contributed by atoms with van der Waals surface area (Å²) in [4.78, 5) is 59.5. The third-order valence-electron chi connectivity index (χ3n) is 5.61. The van der Waals surface area contributed by atoms with Crippen molar-refractivity contribution in [1.82, 2.24) is 4.31 Å². The van der Waals surface area contributed by atoms with Crippen LogP contribution in [-0.2, 0) is 57.6 Å². The van der Waals surface area contributed by atoms with Gasteiger partial charge in [-0.3, -0.25) is 19.2 Å². The summed E-state index contributed by atoms with van der Waals surface area (Å²) >= 11 is 0. The van der Waals surface area contributed by atoms with Gasteiger partial charge in [0, 0.05) is 27.7 Å². The zero-order valence-corrected chi connectivity index (χ0v) is 24.2. The van der Waals surface area contributed by atoms with Crippen LogP contribution in [-0.4, -0.2) is 93.5 Å². The summed E-state index contributed by atoms with van der Waals surface area (Å²) < 4.78 is 58.5. The molecule has 0 saturated carbocycles. The molecule has 1 amide bonds. The fourth-order valence-electron chi connectivity index (χ4n) is 3.92. The molecule has 5 atom stereocenters. The first-order chi connectivity index (χ1) is 19.2. The Morgan fingerprint density at radius 2 is 1.39 bits per heavy atom. The molecule has 0 aliphatic carbocycles. The Balaban J connectivity index is 2.48. The topological polar surface area (TPSA) is 178 Å². The van der Waals surface area contributed by atoms with Gasteiger partial charge in [0.05, 0.1) is 18.6 Å². The van der Waals surface area contributed by atoms with Gasteiger partial charge in [-0.2, -0.15) is 4.31 Å². The molecule has 0 bridgehead atoms. The highest BCUT2D eigenvalue weighted by Crippen LogP contribution is 2.30. The minimum Gasteiger partial charge on any atom is -0.463 e. The van der Waals surface area contributed by atoms with Crippen molar-refractivity contribution in [2.24, 2.45) is 0 Å². The minimum atomic E-state index is -4.35. The second-order valence-electron chi connectivity index (χ2n) is 8.91. The second kappa shape index (κ2) is 14.6. The maximum Gasteiger partial charge on any atom is 0.423 e. The Labute approximate surface area is 237 Å². The van der Waals surface area contributed by atoms with E-state index in [2.05, 4.69) is 4.74 Å². The molecular formula is C26H33NO13S. The average molecular weight is 600 g/mol. The standard InChI is InChI=1S/C26H33NO13S/c1-15-9-11-20(12-10-15)41(33,34)27(26(32)35-6)13-7-8-21-23(37-17(3)29)25(39-19(5)31)24(38-18(4)30)22(40-21)14-36-16(2)28/h7-12,21-25H,13-14H2,1-6H3/b8-7+/t21-,22-,23+,24-,25-/m1/s1. The summed E-state index contributed by atoms with van der Waals surface area (Å²) in [6, 6.07) is 5.80. The zero-order chi connectivity index (χ0) is 30.9. The van der Waals surface area contributed by atoms with Gasteiger partial charge in [-0.1, -0.05) is 29.8 Å². The maximum atomic E-state index is 13.2. The molecule has 1 aromatic rings. The first-order valence-corrected chi connectivity index (χ1v) is 13.8. The number of sulfonamides is 1. The molecule has 1 heterocycles. The molecular weight excluding hydrogens is 566 g/mol. The number of methoxy groups -OCH3 is 1. The molecule has 14 nitrogen and oxygen atoms in total. The molecule has 226 valence electrons. The van der Waals surface area contributed by atoms with Gasteiger partial charge >= 0.3 is 30.0 Å². The monoisotopic (exact) mass is 599 g/mol. The van der Waals surface area contributed by atoms with Crippen LogP contribution in [0.15, 0.2) is 41.3 Å². The van der Waals surface area contributed by atoms with E-state index in [1.807, 2.05) is 0 Å². The number of rotatable bonds is 10. The molecule has 1 aliphatic heterocycles. The van der Waals surface area contributed by atoms with Crippen LogP contribution in [0.3, 0.4) is 0 Å². The Hall–Kier alpha value is -3.98. The largest absolute Gasteiger partial charge is 0.463 e. The number of aryl methyl sites for hydroxylation is 1. The van der Waals surface area contributed by atoms with Gasteiger partial charge < -0.3 is 28.4 Å². The number of hydrogen-bond acceptors (Lipinski definition) is 13. The van der Waals surface area contributed by atoms with E-state index in [1.54, 1.807) is 19.1 Å². The van der Waals surface area contributed by atoms with Gasteiger partial charge in [0.15, 0.2) is 18.3 Å². The molecule has 0 spiro atoms. The highest BCUT2D eigenvalue weighted by Gasteiger charge is 2.51. The van der Waals surface area contributed by atoms with Crippen LogP contribution in [0.25, 0.3) is 0 Å². The van der Waals surface area contributed by atoms with E-state index < -0.39 is 83.7 Å². The van der Waals surface area contributed by atoms with E-state index in [0.29, 0.717) is 4.31 Å². The smallest absolute Gasteiger partial charge is 0.423 e. The minimum absolute atomic E-state index is 0.158. The van der Waals surface area contributed by atoms with E-state index >= 15 is 0 Å². The molecule has 1 fully saturated rings. The molecule has 1 aromatic carbocycles. The normalized spacial score (nSPS) is 22.3. The van der Waals surface area contributed by atoms with Crippen LogP contribution >= 0.6 is 0 Å². The molecule has 0 unspecified atom stereocenters. The Bertz CT molecular complexity index is 1260. The van der Waals surface area contributed by atoms with Crippen LogP contribution in [0.1, 0.15) is 33.3 Å². The van der Waals surface area contributed by atoms with Crippen LogP contribution in [0.4, 0.5) is 4.79 Å². The fourth-order valence-corrected chi connectivity index (χ4v) is 5.21. The summed E-state index contributed by atoms with van der Waals surface area (Å²) in [7, 11) is -3.33. The van der Waals surface area contributed by atoms with Crippen LogP contribution in [0.2, 0.25) is 0 Å². The summed E-state index contributed by atoms with van der Waals surface area (Å²) in [5.41, 5.74) is 0.803. The van der Waals surface area contributed by atoms with Crippen molar-refractivity contribution < 1.29 is 60.8 Å². The number of nitrogens with zero attached hydrogens (tertiary/aromatic N) is 1. The van der Waals surface area contributed by atoms with Crippen LogP contribution < -0.4 is 0 Å². The van der Waals surface area contributed by atoms with Crippen LogP contribution in [0, 0.1) is 6.92 Å².